The monoisotopic (exact) mass is 215 g/mol. The third-order valence-electron chi connectivity index (χ3n) is 2.10. The number of amides is 1. The van der Waals surface area contributed by atoms with Crippen molar-refractivity contribution in [3.63, 3.8) is 0 Å². The average molecular weight is 215 g/mol. The highest BCUT2D eigenvalue weighted by molar-refractivity contribution is 5.73. The second-order valence-corrected chi connectivity index (χ2v) is 3.55. The first kappa shape index (κ1) is 13.9. The summed E-state index contributed by atoms with van der Waals surface area (Å²) in [6.07, 6.45) is 2.81. The van der Waals surface area contributed by atoms with Crippen molar-refractivity contribution >= 4 is 11.9 Å². The van der Waals surface area contributed by atoms with Gasteiger partial charge in [0.1, 0.15) is 0 Å². The molecule has 0 saturated carbocycles. The minimum atomic E-state index is -0.266. The van der Waals surface area contributed by atoms with Crippen molar-refractivity contribution in [2.75, 3.05) is 19.7 Å². The van der Waals surface area contributed by atoms with E-state index in [1.165, 1.54) is 6.92 Å². The maximum Gasteiger partial charge on any atom is 0.302 e. The van der Waals surface area contributed by atoms with Gasteiger partial charge in [0.15, 0.2) is 0 Å². The van der Waals surface area contributed by atoms with Gasteiger partial charge in [-0.15, -0.1) is 0 Å². The van der Waals surface area contributed by atoms with Crippen LogP contribution in [0.25, 0.3) is 0 Å². The molecule has 0 bridgehead atoms. The molecule has 0 atom stereocenters. The molecule has 0 aromatic heterocycles. The molecule has 15 heavy (non-hydrogen) atoms. The smallest absolute Gasteiger partial charge is 0.302 e. The molecule has 0 unspecified atom stereocenters. The van der Waals surface area contributed by atoms with Crippen LogP contribution in [0.2, 0.25) is 0 Å². The summed E-state index contributed by atoms with van der Waals surface area (Å²) in [5.74, 6) is -0.177. The molecule has 0 aromatic rings. The highest BCUT2D eigenvalue weighted by Gasteiger charge is 2.07. The largest absolute Gasteiger partial charge is 0.466 e. The molecule has 0 heterocycles. The molecule has 0 aromatic carbocycles. The molecule has 0 radical (unpaired) electrons. The van der Waals surface area contributed by atoms with E-state index in [-0.39, 0.29) is 11.9 Å². The summed E-state index contributed by atoms with van der Waals surface area (Å²) >= 11 is 0. The van der Waals surface area contributed by atoms with Crippen molar-refractivity contribution in [2.45, 2.75) is 40.0 Å². The van der Waals surface area contributed by atoms with Crippen LogP contribution in [0, 0.1) is 0 Å². The summed E-state index contributed by atoms with van der Waals surface area (Å²) in [7, 11) is 0. The maximum atomic E-state index is 11.2. The van der Waals surface area contributed by atoms with Crippen LogP contribution in [0.5, 0.6) is 0 Å². The fourth-order valence-electron chi connectivity index (χ4n) is 1.25. The molecule has 0 aliphatic carbocycles. The quantitative estimate of drug-likeness (QED) is 0.478. The van der Waals surface area contributed by atoms with E-state index in [9.17, 15) is 9.59 Å². The van der Waals surface area contributed by atoms with Crippen LogP contribution in [0.3, 0.4) is 0 Å². The summed E-state index contributed by atoms with van der Waals surface area (Å²) in [6.45, 7) is 6.91. The predicted octanol–water partition coefficient (Wildman–Crippen LogP) is 1.59. The topological polar surface area (TPSA) is 46.6 Å². The Morgan fingerprint density at radius 3 is 2.20 bits per heavy atom. The van der Waals surface area contributed by atoms with Crippen molar-refractivity contribution in [1.82, 2.24) is 4.90 Å². The number of carbonyl (C=O) groups is 2. The van der Waals surface area contributed by atoms with Gasteiger partial charge in [0.25, 0.3) is 0 Å². The standard InChI is InChI=1S/C11H21NO3/c1-4-5-7-12(10(2)13)8-6-9-15-11(3)14/h4-9H2,1-3H3. The molecule has 0 aliphatic rings. The van der Waals surface area contributed by atoms with Crippen molar-refractivity contribution < 1.29 is 14.3 Å². The van der Waals surface area contributed by atoms with E-state index >= 15 is 0 Å². The lowest BCUT2D eigenvalue weighted by Crippen LogP contribution is -2.31. The van der Waals surface area contributed by atoms with E-state index in [4.69, 9.17) is 4.74 Å². The second kappa shape index (κ2) is 8.26. The van der Waals surface area contributed by atoms with Crippen LogP contribution in [-0.4, -0.2) is 36.5 Å². The van der Waals surface area contributed by atoms with Gasteiger partial charge in [-0.25, -0.2) is 0 Å². The van der Waals surface area contributed by atoms with Crippen molar-refractivity contribution in [2.24, 2.45) is 0 Å². The van der Waals surface area contributed by atoms with Gasteiger partial charge in [-0.2, -0.15) is 0 Å². The van der Waals surface area contributed by atoms with Crippen LogP contribution in [0.4, 0.5) is 0 Å². The molecule has 0 saturated heterocycles. The minimum absolute atomic E-state index is 0.0891. The Labute approximate surface area is 91.6 Å². The highest BCUT2D eigenvalue weighted by atomic mass is 16.5. The molecule has 4 nitrogen and oxygen atoms in total. The number of esters is 1. The Bertz CT molecular complexity index is 204. The van der Waals surface area contributed by atoms with E-state index < -0.39 is 0 Å². The Morgan fingerprint density at radius 2 is 1.73 bits per heavy atom. The molecule has 0 spiro atoms. The summed E-state index contributed by atoms with van der Waals surface area (Å²) in [4.78, 5) is 23.5. The minimum Gasteiger partial charge on any atom is -0.466 e. The normalized spacial score (nSPS) is 9.80. The van der Waals surface area contributed by atoms with Gasteiger partial charge in [0, 0.05) is 26.9 Å². The first-order valence-electron chi connectivity index (χ1n) is 5.46. The summed E-state index contributed by atoms with van der Waals surface area (Å²) in [6, 6.07) is 0. The average Bonchev–Trinajstić information content (AvgIpc) is 2.15. The fourth-order valence-corrected chi connectivity index (χ4v) is 1.25. The van der Waals surface area contributed by atoms with Gasteiger partial charge >= 0.3 is 5.97 Å². The number of nitrogens with zero attached hydrogens (tertiary/aromatic N) is 1. The van der Waals surface area contributed by atoms with Gasteiger partial charge in [-0.3, -0.25) is 9.59 Å². The van der Waals surface area contributed by atoms with Crippen molar-refractivity contribution in [3.05, 3.63) is 0 Å². The SMILES string of the molecule is CCCCN(CCCOC(C)=O)C(C)=O. The Kier molecular flexibility index (Phi) is 7.68. The number of hydrogen-bond donors (Lipinski definition) is 0. The molecular weight excluding hydrogens is 194 g/mol. The third kappa shape index (κ3) is 7.97. The number of unbranched alkanes of at least 4 members (excludes halogenated alkanes) is 1. The number of carbonyl (C=O) groups excluding carboxylic acids is 2. The Morgan fingerprint density at radius 1 is 1.13 bits per heavy atom. The molecule has 0 aliphatic heterocycles. The molecule has 0 rings (SSSR count). The Hall–Kier alpha value is -1.06. The maximum absolute atomic E-state index is 11.2. The summed E-state index contributed by atoms with van der Waals surface area (Å²) in [5, 5.41) is 0. The second-order valence-electron chi connectivity index (χ2n) is 3.55. The molecule has 1 amide bonds. The van der Waals surface area contributed by atoms with E-state index in [0.29, 0.717) is 19.6 Å². The van der Waals surface area contributed by atoms with Crippen molar-refractivity contribution in [3.8, 4) is 0 Å². The van der Waals surface area contributed by atoms with Crippen molar-refractivity contribution in [1.29, 1.82) is 0 Å². The zero-order valence-electron chi connectivity index (χ0n) is 9.91. The third-order valence-corrected chi connectivity index (χ3v) is 2.10. The van der Waals surface area contributed by atoms with Gasteiger partial charge in [-0.1, -0.05) is 13.3 Å². The van der Waals surface area contributed by atoms with Crippen LogP contribution < -0.4 is 0 Å². The first-order chi connectivity index (χ1) is 7.07. The van der Waals surface area contributed by atoms with E-state index in [1.54, 1.807) is 11.8 Å². The van der Waals surface area contributed by atoms with Gasteiger partial charge in [0.05, 0.1) is 6.61 Å². The Balaban J connectivity index is 3.66. The van der Waals surface area contributed by atoms with Crippen LogP contribution in [0.1, 0.15) is 40.0 Å². The van der Waals surface area contributed by atoms with Crippen LogP contribution >= 0.6 is 0 Å². The van der Waals surface area contributed by atoms with Gasteiger partial charge in [0.2, 0.25) is 5.91 Å². The fraction of sp³-hybridized carbons (Fsp3) is 0.818. The van der Waals surface area contributed by atoms with E-state index in [1.807, 2.05) is 0 Å². The molecule has 4 heteroatoms. The van der Waals surface area contributed by atoms with Gasteiger partial charge in [-0.05, 0) is 12.8 Å². The lowest BCUT2D eigenvalue weighted by molar-refractivity contribution is -0.141. The highest BCUT2D eigenvalue weighted by Crippen LogP contribution is 1.98. The zero-order chi connectivity index (χ0) is 11.7. The number of rotatable bonds is 7. The molecule has 0 N–H and O–H groups in total. The summed E-state index contributed by atoms with van der Waals surface area (Å²) in [5.41, 5.74) is 0. The zero-order valence-corrected chi connectivity index (χ0v) is 9.91. The van der Waals surface area contributed by atoms with E-state index in [0.717, 1.165) is 19.4 Å². The molecule has 0 fully saturated rings. The van der Waals surface area contributed by atoms with Crippen LogP contribution in [0.15, 0.2) is 0 Å². The number of hydrogen-bond acceptors (Lipinski definition) is 3. The lowest BCUT2D eigenvalue weighted by atomic mass is 10.3. The molecular formula is C11H21NO3. The molecule has 88 valence electrons. The summed E-state index contributed by atoms with van der Waals surface area (Å²) < 4.78 is 4.80. The number of ether oxygens (including phenoxy) is 1. The first-order valence-corrected chi connectivity index (χ1v) is 5.46. The van der Waals surface area contributed by atoms with E-state index in [2.05, 4.69) is 6.92 Å². The van der Waals surface area contributed by atoms with Crippen LogP contribution in [-0.2, 0) is 14.3 Å². The lowest BCUT2D eigenvalue weighted by Gasteiger charge is -2.20. The predicted molar refractivity (Wildman–Crippen MR) is 58.4 cm³/mol. The van der Waals surface area contributed by atoms with Gasteiger partial charge < -0.3 is 9.64 Å².